The van der Waals surface area contributed by atoms with Gasteiger partial charge in [-0.25, -0.2) is 13.1 Å². The van der Waals surface area contributed by atoms with Crippen molar-refractivity contribution in [3.63, 3.8) is 0 Å². The van der Waals surface area contributed by atoms with Crippen molar-refractivity contribution in [2.24, 2.45) is 7.05 Å². The van der Waals surface area contributed by atoms with Gasteiger partial charge in [-0.2, -0.15) is 5.26 Å². The number of sulfonamides is 1. The van der Waals surface area contributed by atoms with E-state index in [0.29, 0.717) is 5.69 Å². The van der Waals surface area contributed by atoms with Crippen molar-refractivity contribution in [1.29, 1.82) is 5.26 Å². The maximum absolute atomic E-state index is 12.9. The number of nitriles is 1. The van der Waals surface area contributed by atoms with Crippen LogP contribution < -0.4 is 9.62 Å². The van der Waals surface area contributed by atoms with Crippen molar-refractivity contribution in [3.8, 4) is 17.3 Å². The van der Waals surface area contributed by atoms with E-state index in [1.54, 1.807) is 23.8 Å². The summed E-state index contributed by atoms with van der Waals surface area (Å²) >= 11 is 0. The summed E-state index contributed by atoms with van der Waals surface area (Å²) < 4.78 is 34.8. The Morgan fingerprint density at radius 1 is 0.976 bits per heavy atom. The SMILES string of the molecule is CN1CCN(c2ccc3cc(-c4ccc(/C=C(\C#N)S(=O)(=O)NC[C@H]5OC(O)[C@H](O)[C@@H](O)[C@@H]5O)n4C)ccc3c2)CC1. The number of likely N-dealkylation sites (N-methyl/N-ethyl adjacent to an activating group) is 1. The van der Waals surface area contributed by atoms with Crippen molar-refractivity contribution < 1.29 is 33.6 Å². The zero-order valence-corrected chi connectivity index (χ0v) is 24.1. The third kappa shape index (κ3) is 6.07. The van der Waals surface area contributed by atoms with Crippen molar-refractivity contribution in [2.45, 2.75) is 30.7 Å². The van der Waals surface area contributed by atoms with Crippen LogP contribution in [0.1, 0.15) is 5.69 Å². The summed E-state index contributed by atoms with van der Waals surface area (Å²) in [4.78, 5) is 4.14. The molecule has 1 aromatic heterocycles. The second-order valence-electron chi connectivity index (χ2n) is 10.7. The fraction of sp³-hybridized carbons (Fsp3) is 0.414. The Kier molecular flexibility index (Phi) is 8.70. The zero-order chi connectivity index (χ0) is 30.2. The van der Waals surface area contributed by atoms with Crippen LogP contribution in [0.5, 0.6) is 0 Å². The normalized spacial score (nSPS) is 26.0. The van der Waals surface area contributed by atoms with Gasteiger partial charge in [-0.15, -0.1) is 0 Å². The van der Waals surface area contributed by atoms with Gasteiger partial charge in [0.2, 0.25) is 0 Å². The number of hydrogen-bond acceptors (Lipinski definition) is 10. The summed E-state index contributed by atoms with van der Waals surface area (Å²) in [6.07, 6.45) is -7.04. The average molecular weight is 598 g/mol. The Morgan fingerprint density at radius 3 is 2.38 bits per heavy atom. The van der Waals surface area contributed by atoms with Crippen LogP contribution in [0.2, 0.25) is 0 Å². The molecule has 2 fully saturated rings. The highest BCUT2D eigenvalue weighted by Gasteiger charge is 2.43. The van der Waals surface area contributed by atoms with Crippen LogP contribution in [0.25, 0.3) is 28.1 Å². The molecule has 3 aromatic rings. The van der Waals surface area contributed by atoms with E-state index < -0.39 is 52.2 Å². The molecular weight excluding hydrogens is 562 g/mol. The maximum Gasteiger partial charge on any atom is 0.250 e. The summed E-state index contributed by atoms with van der Waals surface area (Å²) in [5.41, 5.74) is 3.43. The van der Waals surface area contributed by atoms with Gasteiger partial charge in [0.1, 0.15) is 30.5 Å². The first kappa shape index (κ1) is 30.1. The number of anilines is 1. The number of ether oxygens (including phenoxy) is 1. The minimum absolute atomic E-state index is 0.473. The standard InChI is InChI=1S/C29H35N5O7S/c1-32-9-11-34(12-10-32)22-6-5-18-13-20(4-3-19(18)14-22)24-8-7-21(33(24)2)15-23(16-30)42(39,40)31-17-25-26(35)27(36)28(37)29(38)41-25/h3-8,13-15,25-29,31,35-38H,9-12,17H2,1-2H3/b23-15+/t25-,26-,27+,28-,29?/m1/s1. The molecule has 13 heteroatoms. The number of fused-ring (bicyclic) bond motifs is 1. The van der Waals surface area contributed by atoms with Crippen molar-refractivity contribution in [1.82, 2.24) is 14.2 Å². The molecule has 0 bridgehead atoms. The summed E-state index contributed by atoms with van der Waals surface area (Å²) in [5, 5.41) is 51.0. The van der Waals surface area contributed by atoms with Gasteiger partial charge in [0.15, 0.2) is 11.2 Å². The Hall–Kier alpha value is -3.32. The number of nitrogens with one attached hydrogen (secondary N) is 1. The lowest BCUT2D eigenvalue weighted by Crippen LogP contribution is -2.59. The molecule has 2 aliphatic heterocycles. The molecule has 0 radical (unpaired) electrons. The molecule has 1 unspecified atom stereocenters. The van der Waals surface area contributed by atoms with Gasteiger partial charge in [0, 0.05) is 56.8 Å². The average Bonchev–Trinajstić information content (AvgIpc) is 3.35. The van der Waals surface area contributed by atoms with E-state index in [4.69, 9.17) is 4.74 Å². The minimum atomic E-state index is -4.35. The fourth-order valence-electron chi connectivity index (χ4n) is 5.29. The predicted molar refractivity (Wildman–Crippen MR) is 157 cm³/mol. The number of aliphatic hydroxyl groups excluding tert-OH is 4. The molecule has 5 rings (SSSR count). The molecule has 0 aliphatic carbocycles. The summed E-state index contributed by atoms with van der Waals surface area (Å²) in [5.74, 6) is 0. The molecule has 0 amide bonds. The largest absolute Gasteiger partial charge is 0.388 e. The van der Waals surface area contributed by atoms with Crippen molar-refractivity contribution >= 4 is 32.6 Å². The van der Waals surface area contributed by atoms with Crippen LogP contribution in [-0.4, -0.2) is 109 Å². The summed E-state index contributed by atoms with van der Waals surface area (Å²) in [6, 6.07) is 17.8. The molecule has 12 nitrogen and oxygen atoms in total. The Labute approximate surface area is 244 Å². The summed E-state index contributed by atoms with van der Waals surface area (Å²) in [6.45, 7) is 3.49. The number of rotatable bonds is 7. The number of allylic oxidation sites excluding steroid dienone is 1. The molecule has 0 saturated carbocycles. The fourth-order valence-corrected chi connectivity index (χ4v) is 6.22. The molecule has 5 atom stereocenters. The Balaban J connectivity index is 1.33. The molecule has 3 heterocycles. The van der Waals surface area contributed by atoms with Crippen LogP contribution in [0, 0.1) is 11.3 Å². The Morgan fingerprint density at radius 2 is 1.67 bits per heavy atom. The molecule has 0 spiro atoms. The monoisotopic (exact) mass is 597 g/mol. The Bertz CT molecular complexity index is 1620. The molecule has 42 heavy (non-hydrogen) atoms. The second-order valence-corrected chi connectivity index (χ2v) is 12.5. The van der Waals surface area contributed by atoms with Crippen LogP contribution in [0.15, 0.2) is 53.4 Å². The van der Waals surface area contributed by atoms with E-state index in [2.05, 4.69) is 51.9 Å². The highest BCUT2D eigenvalue weighted by atomic mass is 32.2. The van der Waals surface area contributed by atoms with Gasteiger partial charge in [0.05, 0.1) is 0 Å². The third-order valence-corrected chi connectivity index (χ3v) is 9.32. The van der Waals surface area contributed by atoms with E-state index >= 15 is 0 Å². The van der Waals surface area contributed by atoms with E-state index in [-0.39, 0.29) is 0 Å². The van der Waals surface area contributed by atoms with Gasteiger partial charge in [-0.05, 0) is 59.8 Å². The molecular formula is C29H35N5O7S. The lowest BCUT2D eigenvalue weighted by atomic mass is 9.99. The van der Waals surface area contributed by atoms with Crippen molar-refractivity contribution in [2.75, 3.05) is 44.7 Å². The van der Waals surface area contributed by atoms with Crippen molar-refractivity contribution in [3.05, 3.63) is 59.1 Å². The van der Waals surface area contributed by atoms with Gasteiger partial charge < -0.3 is 39.5 Å². The number of aromatic nitrogens is 1. The quantitative estimate of drug-likeness (QED) is 0.237. The topological polar surface area (TPSA) is 172 Å². The second kappa shape index (κ2) is 12.1. The van der Waals surface area contributed by atoms with Crippen LogP contribution >= 0.6 is 0 Å². The number of piperazine rings is 1. The molecule has 2 aliphatic rings. The van der Waals surface area contributed by atoms with E-state index in [0.717, 1.165) is 48.2 Å². The van der Waals surface area contributed by atoms with E-state index in [1.165, 1.54) is 11.8 Å². The first-order valence-corrected chi connectivity index (χ1v) is 15.1. The molecule has 224 valence electrons. The van der Waals surface area contributed by atoms with Crippen LogP contribution in [0.4, 0.5) is 5.69 Å². The molecule has 5 N–H and O–H groups in total. The van der Waals surface area contributed by atoms with E-state index in [9.17, 15) is 34.1 Å². The first-order chi connectivity index (χ1) is 20.0. The van der Waals surface area contributed by atoms with Gasteiger partial charge in [-0.1, -0.05) is 18.2 Å². The van der Waals surface area contributed by atoms with Gasteiger partial charge in [-0.3, -0.25) is 0 Å². The smallest absolute Gasteiger partial charge is 0.250 e. The molecule has 2 aromatic carbocycles. The number of hydrogen-bond donors (Lipinski definition) is 5. The third-order valence-electron chi connectivity index (χ3n) is 7.99. The number of benzene rings is 2. The highest BCUT2D eigenvalue weighted by Crippen LogP contribution is 2.30. The van der Waals surface area contributed by atoms with Gasteiger partial charge in [0.25, 0.3) is 10.0 Å². The lowest BCUT2D eigenvalue weighted by Gasteiger charge is -2.38. The maximum atomic E-state index is 12.9. The highest BCUT2D eigenvalue weighted by molar-refractivity contribution is 7.93. The summed E-state index contributed by atoms with van der Waals surface area (Å²) in [7, 11) is -0.439. The number of nitrogens with zero attached hydrogens (tertiary/aromatic N) is 4. The lowest BCUT2D eigenvalue weighted by molar-refractivity contribution is -0.279. The van der Waals surface area contributed by atoms with E-state index in [1.807, 2.05) is 12.1 Å². The predicted octanol–water partition coefficient (Wildman–Crippen LogP) is 0.181. The molecule has 2 saturated heterocycles. The minimum Gasteiger partial charge on any atom is -0.388 e. The first-order valence-electron chi connectivity index (χ1n) is 13.6. The van der Waals surface area contributed by atoms with Gasteiger partial charge >= 0.3 is 0 Å². The van der Waals surface area contributed by atoms with Crippen LogP contribution in [0.3, 0.4) is 0 Å². The number of aliphatic hydroxyl groups is 4. The van der Waals surface area contributed by atoms with Crippen LogP contribution in [-0.2, 0) is 21.8 Å². The zero-order valence-electron chi connectivity index (χ0n) is 23.3.